The average Bonchev–Trinajstić information content (AvgIpc) is 2.80. The Morgan fingerprint density at radius 1 is 1.16 bits per heavy atom. The van der Waals surface area contributed by atoms with Crippen LogP contribution in [-0.2, 0) is 11.4 Å². The van der Waals surface area contributed by atoms with E-state index in [1.165, 1.54) is 0 Å². The first-order chi connectivity index (χ1) is 15.5. The minimum absolute atomic E-state index is 0.140. The molecule has 0 aliphatic carbocycles. The molecule has 0 saturated heterocycles. The Morgan fingerprint density at radius 3 is 2.62 bits per heavy atom. The standard InChI is InChI=1S/C24H22BrClN2O3S/c1-30-22-14-18(13-21(25)24(22)31-16-17-7-9-19(26)10-8-17)15-27-28-23(29)11-12-32-20-5-3-2-4-6-20/h2-10,13-15H,11-12,16H2,1H3,(H,28,29)/b27-15-. The van der Waals surface area contributed by atoms with Crippen molar-refractivity contribution in [2.75, 3.05) is 12.9 Å². The van der Waals surface area contributed by atoms with E-state index < -0.39 is 0 Å². The topological polar surface area (TPSA) is 59.9 Å². The van der Waals surface area contributed by atoms with E-state index in [0.29, 0.717) is 35.3 Å². The van der Waals surface area contributed by atoms with Crippen LogP contribution in [0.15, 0.2) is 81.2 Å². The SMILES string of the molecule is COc1cc(/C=N\NC(=O)CCSc2ccccc2)cc(Br)c1OCc1ccc(Cl)cc1. The number of rotatable bonds is 10. The van der Waals surface area contributed by atoms with Gasteiger partial charge in [0.25, 0.3) is 0 Å². The molecule has 0 radical (unpaired) electrons. The molecule has 1 amide bonds. The molecule has 0 spiro atoms. The van der Waals surface area contributed by atoms with Crippen molar-refractivity contribution >= 4 is 51.4 Å². The van der Waals surface area contributed by atoms with Gasteiger partial charge in [0, 0.05) is 22.1 Å². The monoisotopic (exact) mass is 532 g/mol. The van der Waals surface area contributed by atoms with Crippen LogP contribution in [0.1, 0.15) is 17.5 Å². The molecule has 166 valence electrons. The molecular formula is C24H22BrClN2O3S. The van der Waals surface area contributed by atoms with Crippen LogP contribution in [0.5, 0.6) is 11.5 Å². The van der Waals surface area contributed by atoms with Crippen LogP contribution in [0.2, 0.25) is 5.02 Å². The summed E-state index contributed by atoms with van der Waals surface area (Å²) >= 11 is 11.1. The van der Waals surface area contributed by atoms with E-state index >= 15 is 0 Å². The third-order valence-electron chi connectivity index (χ3n) is 4.29. The van der Waals surface area contributed by atoms with Gasteiger partial charge in [-0.15, -0.1) is 11.8 Å². The lowest BCUT2D eigenvalue weighted by molar-refractivity contribution is -0.120. The molecule has 0 unspecified atom stereocenters. The van der Waals surface area contributed by atoms with E-state index in [0.717, 1.165) is 20.5 Å². The number of nitrogens with zero attached hydrogens (tertiary/aromatic N) is 1. The Hall–Kier alpha value is -2.48. The van der Waals surface area contributed by atoms with Crippen molar-refractivity contribution < 1.29 is 14.3 Å². The first kappa shape index (κ1) is 24.2. The van der Waals surface area contributed by atoms with Crippen LogP contribution in [0.4, 0.5) is 0 Å². The predicted octanol–water partition coefficient (Wildman–Crippen LogP) is 6.32. The van der Waals surface area contributed by atoms with Gasteiger partial charge in [0.05, 0.1) is 17.8 Å². The first-order valence-electron chi connectivity index (χ1n) is 9.79. The molecule has 0 bridgehead atoms. The fourth-order valence-corrected chi connectivity index (χ4v) is 4.28. The summed E-state index contributed by atoms with van der Waals surface area (Å²) in [4.78, 5) is 13.1. The summed E-state index contributed by atoms with van der Waals surface area (Å²) in [6, 6.07) is 21.1. The van der Waals surface area contributed by atoms with Crippen LogP contribution in [0, 0.1) is 0 Å². The molecule has 0 atom stereocenters. The van der Waals surface area contributed by atoms with Gasteiger partial charge in [0.2, 0.25) is 5.91 Å². The molecule has 3 rings (SSSR count). The number of carbonyl (C=O) groups is 1. The van der Waals surface area contributed by atoms with Crippen molar-refractivity contribution in [1.29, 1.82) is 0 Å². The van der Waals surface area contributed by atoms with Gasteiger partial charge < -0.3 is 9.47 Å². The third kappa shape index (κ3) is 7.58. The highest BCUT2D eigenvalue weighted by molar-refractivity contribution is 9.10. The third-order valence-corrected chi connectivity index (χ3v) is 6.15. The van der Waals surface area contributed by atoms with Crippen molar-refractivity contribution in [2.45, 2.75) is 17.9 Å². The maximum absolute atomic E-state index is 12.0. The molecule has 1 N–H and O–H groups in total. The minimum atomic E-state index is -0.140. The lowest BCUT2D eigenvalue weighted by atomic mass is 10.2. The molecule has 0 aliphatic heterocycles. The molecule has 0 heterocycles. The second-order valence-corrected chi connectivity index (χ2v) is 9.11. The quantitative estimate of drug-likeness (QED) is 0.188. The van der Waals surface area contributed by atoms with E-state index in [1.54, 1.807) is 31.2 Å². The van der Waals surface area contributed by atoms with Crippen LogP contribution >= 0.6 is 39.3 Å². The zero-order valence-electron chi connectivity index (χ0n) is 17.4. The van der Waals surface area contributed by atoms with Gasteiger partial charge in [0.1, 0.15) is 6.61 Å². The van der Waals surface area contributed by atoms with Gasteiger partial charge in [0.15, 0.2) is 11.5 Å². The number of benzene rings is 3. The number of ether oxygens (including phenoxy) is 2. The molecular weight excluding hydrogens is 512 g/mol. The van der Waals surface area contributed by atoms with Crippen molar-refractivity contribution in [2.24, 2.45) is 5.10 Å². The Labute approximate surface area is 205 Å². The molecule has 3 aromatic carbocycles. The van der Waals surface area contributed by atoms with E-state index in [1.807, 2.05) is 60.7 Å². The summed E-state index contributed by atoms with van der Waals surface area (Å²) in [5.74, 6) is 1.69. The number of hydrazone groups is 1. The van der Waals surface area contributed by atoms with Gasteiger partial charge in [-0.25, -0.2) is 5.43 Å². The fraction of sp³-hybridized carbons (Fsp3) is 0.167. The highest BCUT2D eigenvalue weighted by Gasteiger charge is 2.12. The van der Waals surface area contributed by atoms with Gasteiger partial charge in [-0.2, -0.15) is 5.10 Å². The largest absolute Gasteiger partial charge is 0.493 e. The fourth-order valence-electron chi connectivity index (χ4n) is 2.70. The predicted molar refractivity (Wildman–Crippen MR) is 134 cm³/mol. The molecule has 8 heteroatoms. The molecule has 5 nitrogen and oxygen atoms in total. The number of amides is 1. The lowest BCUT2D eigenvalue weighted by Gasteiger charge is -2.13. The summed E-state index contributed by atoms with van der Waals surface area (Å²) in [6.45, 7) is 0.372. The maximum Gasteiger partial charge on any atom is 0.240 e. The molecule has 0 fully saturated rings. The molecule has 32 heavy (non-hydrogen) atoms. The smallest absolute Gasteiger partial charge is 0.240 e. The van der Waals surface area contributed by atoms with Crippen LogP contribution in [-0.4, -0.2) is 25.0 Å². The second kappa shape index (κ2) is 12.5. The van der Waals surface area contributed by atoms with Crippen molar-refractivity contribution in [3.63, 3.8) is 0 Å². The number of hydrogen-bond acceptors (Lipinski definition) is 5. The normalized spacial score (nSPS) is 10.8. The average molecular weight is 534 g/mol. The highest BCUT2D eigenvalue weighted by atomic mass is 79.9. The molecule has 3 aromatic rings. The van der Waals surface area contributed by atoms with E-state index in [-0.39, 0.29) is 5.91 Å². The summed E-state index contributed by atoms with van der Waals surface area (Å²) in [5, 5.41) is 4.73. The minimum Gasteiger partial charge on any atom is -0.493 e. The maximum atomic E-state index is 12.0. The molecule has 0 aliphatic rings. The van der Waals surface area contributed by atoms with E-state index in [2.05, 4.69) is 26.5 Å². The van der Waals surface area contributed by atoms with Crippen molar-refractivity contribution in [3.05, 3.63) is 87.4 Å². The van der Waals surface area contributed by atoms with Crippen molar-refractivity contribution in [3.8, 4) is 11.5 Å². The number of methoxy groups -OCH3 is 1. The molecule has 0 aromatic heterocycles. The zero-order valence-corrected chi connectivity index (χ0v) is 20.5. The van der Waals surface area contributed by atoms with E-state index in [9.17, 15) is 4.79 Å². The summed E-state index contributed by atoms with van der Waals surface area (Å²) < 4.78 is 12.1. The number of hydrogen-bond donors (Lipinski definition) is 1. The highest BCUT2D eigenvalue weighted by Crippen LogP contribution is 2.37. The number of carbonyl (C=O) groups excluding carboxylic acids is 1. The number of nitrogens with one attached hydrogen (secondary N) is 1. The summed E-state index contributed by atoms with van der Waals surface area (Å²) in [5.41, 5.74) is 4.30. The Balaban J connectivity index is 1.53. The summed E-state index contributed by atoms with van der Waals surface area (Å²) in [6.07, 6.45) is 1.94. The Morgan fingerprint density at radius 2 is 1.91 bits per heavy atom. The number of thioether (sulfide) groups is 1. The van der Waals surface area contributed by atoms with Gasteiger partial charge >= 0.3 is 0 Å². The van der Waals surface area contributed by atoms with Crippen LogP contribution < -0.4 is 14.9 Å². The summed E-state index contributed by atoms with van der Waals surface area (Å²) in [7, 11) is 1.57. The second-order valence-electron chi connectivity index (χ2n) is 6.65. The first-order valence-corrected chi connectivity index (χ1v) is 12.0. The van der Waals surface area contributed by atoms with E-state index in [4.69, 9.17) is 21.1 Å². The number of halogens is 2. The van der Waals surface area contributed by atoms with Crippen LogP contribution in [0.25, 0.3) is 0 Å². The van der Waals surface area contributed by atoms with Crippen LogP contribution in [0.3, 0.4) is 0 Å². The van der Waals surface area contributed by atoms with Gasteiger partial charge in [-0.1, -0.05) is 41.9 Å². The Bertz CT molecular complexity index is 1060. The van der Waals surface area contributed by atoms with Gasteiger partial charge in [-0.05, 0) is 63.5 Å². The Kier molecular flexibility index (Phi) is 9.46. The zero-order chi connectivity index (χ0) is 22.8. The van der Waals surface area contributed by atoms with Crippen molar-refractivity contribution in [1.82, 2.24) is 5.43 Å². The molecule has 0 saturated carbocycles. The lowest BCUT2D eigenvalue weighted by Crippen LogP contribution is -2.17. The van der Waals surface area contributed by atoms with Gasteiger partial charge in [-0.3, -0.25) is 4.79 Å².